The molecule has 0 atom stereocenters. The number of halogens is 1. The zero-order chi connectivity index (χ0) is 23.2. The summed E-state index contributed by atoms with van der Waals surface area (Å²) in [4.78, 5) is 23.7. The fraction of sp³-hybridized carbons (Fsp3) is 0.0476. The van der Waals surface area contributed by atoms with Crippen molar-refractivity contribution in [1.82, 2.24) is 0 Å². The molecule has 2 aromatic heterocycles. The van der Waals surface area contributed by atoms with Gasteiger partial charge in [-0.25, -0.2) is 9.59 Å². The Hall–Kier alpha value is -3.18. The van der Waals surface area contributed by atoms with Gasteiger partial charge in [-0.15, -0.1) is 11.3 Å². The molecule has 32 heavy (non-hydrogen) atoms. The first-order chi connectivity index (χ1) is 15.0. The second-order valence-corrected chi connectivity index (χ2v) is 9.77. The van der Waals surface area contributed by atoms with E-state index in [2.05, 4.69) is 0 Å². The normalized spacial score (nSPS) is 11.7. The lowest BCUT2D eigenvalue weighted by atomic mass is 10.1. The minimum Gasteiger partial charge on any atom is -0.506 e. The van der Waals surface area contributed by atoms with Crippen molar-refractivity contribution < 1.29 is 32.4 Å². The van der Waals surface area contributed by atoms with Crippen LogP contribution in [0.15, 0.2) is 62.6 Å². The second kappa shape index (κ2) is 8.06. The monoisotopic (exact) mass is 492 g/mol. The number of carbonyl (C=O) groups is 1. The molecule has 2 aromatic carbocycles. The van der Waals surface area contributed by atoms with Crippen LogP contribution in [0, 0.1) is 0 Å². The Morgan fingerprint density at radius 2 is 1.78 bits per heavy atom. The largest absolute Gasteiger partial charge is 0.506 e. The molecule has 0 bridgehead atoms. The maximum absolute atomic E-state index is 12.5. The molecule has 0 aliphatic heterocycles. The number of fused-ring (bicyclic) bond motifs is 1. The second-order valence-electron chi connectivity index (χ2n) is 6.84. The van der Waals surface area contributed by atoms with E-state index in [1.54, 1.807) is 0 Å². The average molecular weight is 493 g/mol. The van der Waals surface area contributed by atoms with Gasteiger partial charge in [0.25, 0.3) is 10.1 Å². The van der Waals surface area contributed by atoms with Gasteiger partial charge in [-0.05, 0) is 35.9 Å². The predicted molar refractivity (Wildman–Crippen MR) is 118 cm³/mol. The summed E-state index contributed by atoms with van der Waals surface area (Å²) in [6.45, 7) is 0. The van der Waals surface area contributed by atoms with E-state index >= 15 is 0 Å². The van der Waals surface area contributed by atoms with E-state index in [1.165, 1.54) is 48.5 Å². The van der Waals surface area contributed by atoms with Crippen LogP contribution in [0.4, 0.5) is 0 Å². The third kappa shape index (κ3) is 4.26. The molecule has 2 heterocycles. The average Bonchev–Trinajstić information content (AvgIpc) is 3.13. The van der Waals surface area contributed by atoms with Crippen LogP contribution in [0.1, 0.15) is 20.8 Å². The highest BCUT2D eigenvalue weighted by atomic mass is 35.5. The van der Waals surface area contributed by atoms with Gasteiger partial charge in [0.2, 0.25) is 0 Å². The highest BCUT2D eigenvalue weighted by Gasteiger charge is 2.22. The van der Waals surface area contributed by atoms with E-state index < -0.39 is 21.7 Å². The molecule has 0 aliphatic carbocycles. The van der Waals surface area contributed by atoms with Crippen LogP contribution in [-0.4, -0.2) is 29.2 Å². The fourth-order valence-electron chi connectivity index (χ4n) is 3.14. The first-order valence-corrected chi connectivity index (χ1v) is 11.6. The number of rotatable bonds is 5. The number of phenols is 1. The molecule has 0 amide bonds. The Labute approximate surface area is 189 Å². The van der Waals surface area contributed by atoms with E-state index in [9.17, 15) is 27.7 Å². The smallest absolute Gasteiger partial charge is 0.345 e. The topological polar surface area (TPSA) is 142 Å². The Morgan fingerprint density at radius 3 is 2.41 bits per heavy atom. The zero-order valence-electron chi connectivity index (χ0n) is 15.9. The maximum atomic E-state index is 12.5. The highest BCUT2D eigenvalue weighted by Crippen LogP contribution is 2.36. The van der Waals surface area contributed by atoms with Crippen LogP contribution < -0.4 is 5.63 Å². The summed E-state index contributed by atoms with van der Waals surface area (Å²) in [5.41, 5.74) is 0.0856. The van der Waals surface area contributed by atoms with Crippen LogP contribution in [-0.2, 0) is 16.5 Å². The van der Waals surface area contributed by atoms with Gasteiger partial charge in [-0.2, -0.15) is 8.42 Å². The summed E-state index contributed by atoms with van der Waals surface area (Å²) in [5.74, 6) is -1.35. The Bertz CT molecular complexity index is 1530. The molecule has 0 saturated carbocycles. The van der Waals surface area contributed by atoms with Crippen molar-refractivity contribution in [2.75, 3.05) is 0 Å². The van der Waals surface area contributed by atoms with Crippen LogP contribution >= 0.6 is 22.9 Å². The van der Waals surface area contributed by atoms with Crippen LogP contribution in [0.5, 0.6) is 5.75 Å². The number of phenolic OH excluding ortho intramolecular Hbond substituents is 1. The van der Waals surface area contributed by atoms with Crippen LogP contribution in [0.25, 0.3) is 21.4 Å². The predicted octanol–water partition coefficient (Wildman–Crippen LogP) is 4.42. The van der Waals surface area contributed by atoms with Crippen LogP contribution in [0.2, 0.25) is 5.02 Å². The summed E-state index contributed by atoms with van der Waals surface area (Å²) in [7, 11) is -4.60. The summed E-state index contributed by atoms with van der Waals surface area (Å²) in [6.07, 6.45) is 0.0817. The van der Waals surface area contributed by atoms with E-state index in [0.29, 0.717) is 10.9 Å². The Morgan fingerprint density at radius 1 is 1.09 bits per heavy atom. The standard InChI is InChI=1S/C21H13ClO8S2/c22-14-7-12-6-13(21(26)30-16(12)8-15(14)23)17-9-19(32(27,28)29)18(31-17)5-10-1-3-11(4-2-10)20(24)25/h1-4,6-9,23H,5H2,(H,24,25)(H,27,28,29). The van der Waals surface area contributed by atoms with Crippen molar-refractivity contribution in [3.8, 4) is 16.2 Å². The lowest BCUT2D eigenvalue weighted by Crippen LogP contribution is -2.02. The lowest BCUT2D eigenvalue weighted by molar-refractivity contribution is 0.0697. The number of hydrogen-bond donors (Lipinski definition) is 3. The van der Waals surface area contributed by atoms with Crippen molar-refractivity contribution in [2.24, 2.45) is 0 Å². The quantitative estimate of drug-likeness (QED) is 0.274. The summed E-state index contributed by atoms with van der Waals surface area (Å²) in [5, 5.41) is 19.2. The molecule has 4 rings (SSSR count). The number of thiophene rings is 1. The molecule has 0 unspecified atom stereocenters. The van der Waals surface area contributed by atoms with Gasteiger partial charge >= 0.3 is 11.6 Å². The minimum atomic E-state index is -4.60. The van der Waals surface area contributed by atoms with Gasteiger partial charge in [0.05, 0.1) is 16.1 Å². The summed E-state index contributed by atoms with van der Waals surface area (Å²) in [6, 6.07) is 11.1. The number of carboxylic acid groups (broad SMARTS) is 1. The van der Waals surface area contributed by atoms with Crippen molar-refractivity contribution >= 4 is 50.0 Å². The third-order valence-electron chi connectivity index (χ3n) is 4.68. The zero-order valence-corrected chi connectivity index (χ0v) is 18.3. The lowest BCUT2D eigenvalue weighted by Gasteiger charge is -2.03. The molecule has 0 aliphatic rings. The van der Waals surface area contributed by atoms with Crippen molar-refractivity contribution in [3.63, 3.8) is 0 Å². The molecule has 0 radical (unpaired) electrons. The van der Waals surface area contributed by atoms with E-state index in [4.69, 9.17) is 21.1 Å². The molecule has 0 saturated heterocycles. The molecule has 164 valence electrons. The Kier molecular flexibility index (Phi) is 5.55. The third-order valence-corrected chi connectivity index (χ3v) is 7.20. The van der Waals surface area contributed by atoms with E-state index in [-0.39, 0.29) is 48.6 Å². The molecular formula is C21H13ClO8S2. The summed E-state index contributed by atoms with van der Waals surface area (Å²) < 4.78 is 38.8. The van der Waals surface area contributed by atoms with Gasteiger partial charge < -0.3 is 14.6 Å². The summed E-state index contributed by atoms with van der Waals surface area (Å²) >= 11 is 6.90. The molecule has 3 N–H and O–H groups in total. The van der Waals surface area contributed by atoms with Gasteiger partial charge in [0, 0.05) is 27.6 Å². The Balaban J connectivity index is 1.82. The van der Waals surface area contributed by atoms with Crippen molar-refractivity contribution in [2.45, 2.75) is 11.3 Å². The first kappa shape index (κ1) is 22.0. The van der Waals surface area contributed by atoms with E-state index in [1.807, 2.05) is 0 Å². The van der Waals surface area contributed by atoms with Crippen molar-refractivity contribution in [1.29, 1.82) is 0 Å². The van der Waals surface area contributed by atoms with Gasteiger partial charge in [-0.1, -0.05) is 23.7 Å². The minimum absolute atomic E-state index is 0.0487. The SMILES string of the molecule is O=C(O)c1ccc(Cc2sc(-c3cc4cc(Cl)c(O)cc4oc3=O)cc2S(=O)(=O)O)cc1. The number of hydrogen-bond acceptors (Lipinski definition) is 7. The first-order valence-electron chi connectivity index (χ1n) is 8.92. The molecule has 11 heteroatoms. The molecule has 4 aromatic rings. The van der Waals surface area contributed by atoms with Crippen molar-refractivity contribution in [3.05, 3.63) is 80.0 Å². The molecule has 0 spiro atoms. The highest BCUT2D eigenvalue weighted by molar-refractivity contribution is 7.86. The van der Waals surface area contributed by atoms with Crippen LogP contribution in [0.3, 0.4) is 0 Å². The fourth-order valence-corrected chi connectivity index (χ4v) is 5.54. The molecule has 8 nitrogen and oxygen atoms in total. The number of aromatic carboxylic acids is 1. The van der Waals surface area contributed by atoms with Gasteiger partial charge in [-0.3, -0.25) is 4.55 Å². The number of aromatic hydroxyl groups is 1. The molecular weight excluding hydrogens is 480 g/mol. The van der Waals surface area contributed by atoms with Gasteiger partial charge in [0.15, 0.2) is 0 Å². The molecule has 0 fully saturated rings. The van der Waals surface area contributed by atoms with E-state index in [0.717, 1.165) is 11.3 Å². The number of carboxylic acids is 1. The maximum Gasteiger partial charge on any atom is 0.345 e. The number of benzene rings is 2. The van der Waals surface area contributed by atoms with Gasteiger partial charge in [0.1, 0.15) is 16.2 Å².